The fourth-order valence-electron chi connectivity index (χ4n) is 2.92. The standard InChI is InChI=1S/C15H14ClFN2OS/c16-11-5-3-10(4-6-11)15(7-1-2-8-15)13(20)19-14-18-9-12(17)21-14/h3-6,9H,1-2,7-8H2,(H,18,19,20). The maximum absolute atomic E-state index is 13.0. The van der Waals surface area contributed by atoms with Gasteiger partial charge >= 0.3 is 0 Å². The van der Waals surface area contributed by atoms with E-state index >= 15 is 0 Å². The van der Waals surface area contributed by atoms with E-state index in [-0.39, 0.29) is 5.91 Å². The molecule has 3 rings (SSSR count). The van der Waals surface area contributed by atoms with E-state index in [1.54, 1.807) is 12.1 Å². The lowest BCUT2D eigenvalue weighted by molar-refractivity contribution is -0.121. The summed E-state index contributed by atoms with van der Waals surface area (Å²) < 4.78 is 13.0. The number of nitrogens with zero attached hydrogens (tertiary/aromatic N) is 1. The molecule has 0 spiro atoms. The van der Waals surface area contributed by atoms with Gasteiger partial charge in [-0.1, -0.05) is 47.9 Å². The molecule has 1 aliphatic rings. The van der Waals surface area contributed by atoms with Gasteiger partial charge in [0.05, 0.1) is 11.6 Å². The summed E-state index contributed by atoms with van der Waals surface area (Å²) in [6, 6.07) is 7.39. The van der Waals surface area contributed by atoms with E-state index in [2.05, 4.69) is 10.3 Å². The van der Waals surface area contributed by atoms with Crippen LogP contribution >= 0.6 is 22.9 Å². The third kappa shape index (κ3) is 2.80. The Bertz CT molecular complexity index is 650. The molecule has 1 aromatic carbocycles. The molecule has 0 saturated heterocycles. The molecular weight excluding hydrogens is 311 g/mol. The Hall–Kier alpha value is -1.46. The minimum Gasteiger partial charge on any atom is -0.301 e. The second-order valence-corrected chi connectivity index (χ2v) is 6.64. The number of carbonyl (C=O) groups excluding carboxylic acids is 1. The van der Waals surface area contributed by atoms with Crippen LogP contribution in [0, 0.1) is 5.13 Å². The predicted molar refractivity (Wildman–Crippen MR) is 82.3 cm³/mol. The molecule has 1 fully saturated rings. The van der Waals surface area contributed by atoms with Gasteiger partial charge in [0.2, 0.25) is 5.91 Å². The molecule has 1 amide bonds. The number of hydrogen-bond acceptors (Lipinski definition) is 3. The summed E-state index contributed by atoms with van der Waals surface area (Å²) in [5.74, 6) is -0.114. The van der Waals surface area contributed by atoms with Crippen LogP contribution in [0.2, 0.25) is 5.02 Å². The Kier molecular flexibility index (Phi) is 3.95. The van der Waals surface area contributed by atoms with Crippen LogP contribution in [0.5, 0.6) is 0 Å². The molecule has 3 nitrogen and oxygen atoms in total. The molecule has 1 saturated carbocycles. The molecule has 21 heavy (non-hydrogen) atoms. The molecule has 1 heterocycles. The van der Waals surface area contributed by atoms with E-state index in [0.29, 0.717) is 10.2 Å². The van der Waals surface area contributed by atoms with Gasteiger partial charge in [-0.3, -0.25) is 4.79 Å². The number of anilines is 1. The van der Waals surface area contributed by atoms with Crippen LogP contribution in [-0.2, 0) is 10.2 Å². The van der Waals surface area contributed by atoms with Crippen molar-refractivity contribution < 1.29 is 9.18 Å². The third-order valence-electron chi connectivity index (χ3n) is 3.99. The summed E-state index contributed by atoms with van der Waals surface area (Å²) in [6.07, 6.45) is 4.69. The summed E-state index contributed by atoms with van der Waals surface area (Å²) >= 11 is 6.77. The highest BCUT2D eigenvalue weighted by molar-refractivity contribution is 7.14. The van der Waals surface area contributed by atoms with Crippen LogP contribution in [0.3, 0.4) is 0 Å². The monoisotopic (exact) mass is 324 g/mol. The van der Waals surface area contributed by atoms with Crippen molar-refractivity contribution in [1.82, 2.24) is 4.98 Å². The van der Waals surface area contributed by atoms with Crippen molar-refractivity contribution >= 4 is 34.0 Å². The molecular formula is C15H14ClFN2OS. The van der Waals surface area contributed by atoms with E-state index in [9.17, 15) is 9.18 Å². The molecule has 1 N–H and O–H groups in total. The van der Waals surface area contributed by atoms with Crippen molar-refractivity contribution in [2.75, 3.05) is 5.32 Å². The van der Waals surface area contributed by atoms with Gasteiger partial charge in [-0.05, 0) is 30.5 Å². The summed E-state index contributed by atoms with van der Waals surface area (Å²) in [6.45, 7) is 0. The van der Waals surface area contributed by atoms with E-state index < -0.39 is 10.5 Å². The lowest BCUT2D eigenvalue weighted by atomic mass is 9.78. The van der Waals surface area contributed by atoms with Crippen LogP contribution in [0.1, 0.15) is 31.2 Å². The number of amides is 1. The van der Waals surface area contributed by atoms with Crippen molar-refractivity contribution in [2.45, 2.75) is 31.1 Å². The fourth-order valence-corrected chi connectivity index (χ4v) is 3.59. The van der Waals surface area contributed by atoms with Gasteiger partial charge in [0.15, 0.2) is 10.3 Å². The molecule has 2 aromatic rings. The number of rotatable bonds is 3. The third-order valence-corrected chi connectivity index (χ3v) is 4.94. The highest BCUT2D eigenvalue weighted by atomic mass is 35.5. The maximum atomic E-state index is 13.0. The van der Waals surface area contributed by atoms with Gasteiger partial charge in [-0.2, -0.15) is 4.39 Å². The Morgan fingerprint density at radius 1 is 1.29 bits per heavy atom. The number of thiazole rings is 1. The Morgan fingerprint density at radius 3 is 2.52 bits per heavy atom. The molecule has 0 aliphatic heterocycles. The number of aromatic nitrogens is 1. The molecule has 6 heteroatoms. The van der Waals surface area contributed by atoms with Gasteiger partial charge in [-0.15, -0.1) is 0 Å². The molecule has 0 atom stereocenters. The zero-order valence-corrected chi connectivity index (χ0v) is 12.8. The Balaban J connectivity index is 1.89. The second kappa shape index (κ2) is 5.73. The first-order valence-corrected chi connectivity index (χ1v) is 7.98. The molecule has 1 aliphatic carbocycles. The van der Waals surface area contributed by atoms with E-state index in [4.69, 9.17) is 11.6 Å². The van der Waals surface area contributed by atoms with Crippen LogP contribution in [0.25, 0.3) is 0 Å². The molecule has 0 unspecified atom stereocenters. The normalized spacial score (nSPS) is 16.9. The highest BCUT2D eigenvalue weighted by Gasteiger charge is 2.42. The van der Waals surface area contributed by atoms with Crippen molar-refractivity contribution in [3.05, 3.63) is 46.2 Å². The summed E-state index contributed by atoms with van der Waals surface area (Å²) in [5, 5.41) is 3.30. The molecule has 110 valence electrons. The number of nitrogens with one attached hydrogen (secondary N) is 1. The topological polar surface area (TPSA) is 42.0 Å². The van der Waals surface area contributed by atoms with Gasteiger partial charge in [0.25, 0.3) is 0 Å². The smallest absolute Gasteiger partial charge is 0.236 e. The van der Waals surface area contributed by atoms with Crippen LogP contribution < -0.4 is 5.32 Å². The average Bonchev–Trinajstić information content (AvgIpc) is 3.10. The summed E-state index contributed by atoms with van der Waals surface area (Å²) in [5.41, 5.74) is 0.395. The van der Waals surface area contributed by atoms with E-state index in [1.807, 2.05) is 12.1 Å². The van der Waals surface area contributed by atoms with Crippen molar-refractivity contribution in [3.63, 3.8) is 0 Å². The molecule has 0 radical (unpaired) electrons. The quantitative estimate of drug-likeness (QED) is 0.910. The first-order valence-electron chi connectivity index (χ1n) is 6.79. The summed E-state index contributed by atoms with van der Waals surface area (Å²) in [7, 11) is 0. The lowest BCUT2D eigenvalue weighted by Gasteiger charge is -2.27. The second-order valence-electron chi connectivity index (χ2n) is 5.22. The van der Waals surface area contributed by atoms with Crippen LogP contribution in [0.15, 0.2) is 30.5 Å². The number of carbonyl (C=O) groups is 1. The summed E-state index contributed by atoms with van der Waals surface area (Å²) in [4.78, 5) is 16.6. The lowest BCUT2D eigenvalue weighted by Crippen LogP contribution is -2.37. The van der Waals surface area contributed by atoms with Gasteiger partial charge in [-0.25, -0.2) is 4.98 Å². The zero-order valence-electron chi connectivity index (χ0n) is 11.2. The van der Waals surface area contributed by atoms with Crippen LogP contribution in [-0.4, -0.2) is 10.9 Å². The first-order chi connectivity index (χ1) is 10.1. The zero-order chi connectivity index (χ0) is 14.9. The van der Waals surface area contributed by atoms with Crippen molar-refractivity contribution in [1.29, 1.82) is 0 Å². The van der Waals surface area contributed by atoms with Crippen molar-refractivity contribution in [2.24, 2.45) is 0 Å². The minimum atomic E-state index is -0.563. The van der Waals surface area contributed by atoms with Gasteiger partial charge in [0.1, 0.15) is 0 Å². The maximum Gasteiger partial charge on any atom is 0.236 e. The number of halogens is 2. The average molecular weight is 325 g/mol. The van der Waals surface area contributed by atoms with Gasteiger partial charge in [0, 0.05) is 5.02 Å². The van der Waals surface area contributed by atoms with Crippen molar-refractivity contribution in [3.8, 4) is 0 Å². The SMILES string of the molecule is O=C(Nc1ncc(F)s1)C1(c2ccc(Cl)cc2)CCCC1. The predicted octanol–water partition coefficient (Wildman–Crippen LogP) is 4.39. The molecule has 0 bridgehead atoms. The van der Waals surface area contributed by atoms with E-state index in [1.165, 1.54) is 0 Å². The Morgan fingerprint density at radius 2 is 1.95 bits per heavy atom. The number of benzene rings is 1. The fraction of sp³-hybridized carbons (Fsp3) is 0.333. The number of hydrogen-bond donors (Lipinski definition) is 1. The highest BCUT2D eigenvalue weighted by Crippen LogP contribution is 2.42. The minimum absolute atomic E-state index is 0.114. The first kappa shape index (κ1) is 14.5. The van der Waals surface area contributed by atoms with Gasteiger partial charge < -0.3 is 5.32 Å². The largest absolute Gasteiger partial charge is 0.301 e. The van der Waals surface area contributed by atoms with E-state index in [0.717, 1.165) is 48.8 Å². The molecule has 1 aromatic heterocycles. The van der Waals surface area contributed by atoms with Crippen LogP contribution in [0.4, 0.5) is 9.52 Å². The Labute approximate surface area is 131 Å².